The Labute approximate surface area is 147 Å². The topological polar surface area (TPSA) is 61.8 Å². The van der Waals surface area contributed by atoms with Gasteiger partial charge in [0, 0.05) is 15.3 Å². The molecule has 0 saturated carbocycles. The molecule has 128 valence electrons. The molecule has 0 aromatic heterocycles. The van der Waals surface area contributed by atoms with Gasteiger partial charge < -0.3 is 10.00 Å². The number of hydrogen-bond acceptors (Lipinski definition) is 5. The predicted molar refractivity (Wildman–Crippen MR) is 94.3 cm³/mol. The molecule has 0 bridgehead atoms. The van der Waals surface area contributed by atoms with E-state index < -0.39 is 13.5 Å². The highest BCUT2D eigenvalue weighted by atomic mass is 35.5. The minimum Gasteiger partial charge on any atom is -0.628 e. The molecule has 0 amide bonds. The van der Waals surface area contributed by atoms with E-state index in [0.717, 1.165) is 4.90 Å². The third kappa shape index (κ3) is 5.71. The highest BCUT2D eigenvalue weighted by Gasteiger charge is 2.41. The third-order valence-electron chi connectivity index (χ3n) is 3.19. The van der Waals surface area contributed by atoms with E-state index in [9.17, 15) is 10.00 Å². The van der Waals surface area contributed by atoms with E-state index in [1.54, 1.807) is 26.0 Å². The number of halogens is 1. The van der Waals surface area contributed by atoms with Crippen molar-refractivity contribution in [3.05, 3.63) is 40.0 Å². The molecule has 0 unspecified atom stereocenters. The van der Waals surface area contributed by atoms with Crippen LogP contribution in [0.5, 0.6) is 0 Å². The predicted octanol–water partition coefficient (Wildman–Crippen LogP) is 4.24. The molecule has 0 radical (unpaired) electrons. The van der Waals surface area contributed by atoms with E-state index in [1.807, 2.05) is 26.0 Å². The molecule has 0 atom stereocenters. The van der Waals surface area contributed by atoms with Crippen LogP contribution >= 0.6 is 31.3 Å². The van der Waals surface area contributed by atoms with Gasteiger partial charge in [0.25, 0.3) is 7.94 Å². The number of aliphatic hydroxyl groups is 1. The van der Waals surface area contributed by atoms with E-state index in [-0.39, 0.29) is 5.41 Å². The molecule has 1 heterocycles. The van der Waals surface area contributed by atoms with Crippen molar-refractivity contribution in [2.24, 2.45) is 5.41 Å². The Hall–Kier alpha value is -0.130. The monoisotopic (exact) mass is 376 g/mol. The van der Waals surface area contributed by atoms with Gasteiger partial charge in [-0.1, -0.05) is 37.2 Å². The highest BCUT2D eigenvalue weighted by Crippen LogP contribution is 2.60. The molecule has 2 rings (SSSR count). The van der Waals surface area contributed by atoms with Crippen LogP contribution in [0.1, 0.15) is 27.7 Å². The quantitative estimate of drug-likeness (QED) is 0.629. The van der Waals surface area contributed by atoms with Crippen LogP contribution in [-0.4, -0.2) is 23.9 Å². The molecule has 1 aromatic rings. The highest BCUT2D eigenvalue weighted by molar-refractivity contribution is 8.03. The van der Waals surface area contributed by atoms with Gasteiger partial charge in [-0.2, -0.15) is 0 Å². The Kier molecular flexibility index (Phi) is 5.85. The van der Waals surface area contributed by atoms with Gasteiger partial charge >= 0.3 is 0 Å². The first kappa shape index (κ1) is 19.2. The fourth-order valence-electron chi connectivity index (χ4n) is 1.77. The van der Waals surface area contributed by atoms with Crippen molar-refractivity contribution in [1.29, 1.82) is 0 Å². The Balaban J connectivity index is 2.23. The maximum Gasteiger partial charge on any atom is 0.264 e. The van der Waals surface area contributed by atoms with Crippen molar-refractivity contribution in [2.75, 3.05) is 13.2 Å². The van der Waals surface area contributed by atoms with Crippen molar-refractivity contribution >= 4 is 31.3 Å². The number of benzene rings is 1. The summed E-state index contributed by atoms with van der Waals surface area (Å²) in [5.41, 5.74) is -1.33. The maximum atomic E-state index is 12.8. The average molecular weight is 377 g/mol. The molecular weight excluding hydrogens is 355 g/mol. The van der Waals surface area contributed by atoms with Gasteiger partial charge in [0.1, 0.15) is 19.0 Å². The molecule has 1 aliphatic heterocycles. The second kappa shape index (κ2) is 7.01. The minimum atomic E-state index is -3.36. The van der Waals surface area contributed by atoms with E-state index in [0.29, 0.717) is 23.1 Å². The third-order valence-corrected chi connectivity index (χ3v) is 6.51. The first-order chi connectivity index (χ1) is 10.5. The first-order valence-corrected chi connectivity index (χ1v) is 10.1. The van der Waals surface area contributed by atoms with Crippen LogP contribution in [0, 0.1) is 5.41 Å². The fourth-order valence-corrected chi connectivity index (χ4v) is 5.15. The summed E-state index contributed by atoms with van der Waals surface area (Å²) in [5, 5.41) is 11.0. The molecule has 1 N–H and O–H groups in total. The van der Waals surface area contributed by atoms with Crippen LogP contribution in [0.25, 0.3) is 0 Å². The second-order valence-corrected chi connectivity index (χ2v) is 10.3. The lowest BCUT2D eigenvalue weighted by Gasteiger charge is -2.37. The second-order valence-electron chi connectivity index (χ2n) is 6.86. The van der Waals surface area contributed by atoms with E-state index >= 15 is 0 Å². The number of thioether (sulfide) groups is 1. The van der Waals surface area contributed by atoms with Gasteiger partial charge in [-0.25, -0.2) is 9.05 Å². The summed E-state index contributed by atoms with van der Waals surface area (Å²) in [6.45, 7) is 7.96. The van der Waals surface area contributed by atoms with Gasteiger partial charge in [-0.05, 0) is 38.1 Å². The van der Waals surface area contributed by atoms with Crippen molar-refractivity contribution in [3.63, 3.8) is 0 Å². The molecule has 4 nitrogen and oxygen atoms in total. The summed E-state index contributed by atoms with van der Waals surface area (Å²) in [5.74, 6) is 1.43. The summed E-state index contributed by atoms with van der Waals surface area (Å²) < 4.78 is 10.9. The Morgan fingerprint density at radius 1 is 1.30 bits per heavy atom. The standard InChI is InChI=1S/C16H22ClO4PS/c1-15(2)10-20-22(19,21-11-15)9-14(16(3,4)18)23-13-7-5-12(17)6-8-13/h5-9,18H,10-11H2,1-4H3/b14-9-. The van der Waals surface area contributed by atoms with Crippen LogP contribution in [0.3, 0.4) is 0 Å². The van der Waals surface area contributed by atoms with Gasteiger partial charge in [0.05, 0.1) is 10.5 Å². The molecule has 7 heteroatoms. The molecule has 1 saturated heterocycles. The SMILES string of the molecule is CC1(C)CO[P+]([O-])(/C=C(\Sc2ccc(Cl)cc2)C(C)(C)O)OC1. The van der Waals surface area contributed by atoms with Crippen LogP contribution in [0.4, 0.5) is 0 Å². The summed E-state index contributed by atoms with van der Waals surface area (Å²) in [7, 11) is -3.36. The first-order valence-electron chi connectivity index (χ1n) is 7.27. The molecule has 1 fully saturated rings. The Morgan fingerprint density at radius 3 is 2.30 bits per heavy atom. The van der Waals surface area contributed by atoms with Gasteiger partial charge in [0.2, 0.25) is 0 Å². The smallest absolute Gasteiger partial charge is 0.264 e. The molecular formula is C16H22ClO4PS. The van der Waals surface area contributed by atoms with Gasteiger partial charge in [-0.3, -0.25) is 0 Å². The summed E-state index contributed by atoms with van der Waals surface area (Å²) in [4.78, 5) is 14.2. The zero-order chi connectivity index (χ0) is 17.3. The Bertz CT molecular complexity index is 571. The van der Waals surface area contributed by atoms with Crippen LogP contribution in [0.15, 0.2) is 39.9 Å². The number of hydrogen-bond donors (Lipinski definition) is 1. The zero-order valence-electron chi connectivity index (χ0n) is 13.7. The maximum absolute atomic E-state index is 12.8. The lowest BCUT2D eigenvalue weighted by molar-refractivity contribution is -0.228. The number of rotatable bonds is 4. The van der Waals surface area contributed by atoms with E-state index in [1.165, 1.54) is 17.6 Å². The molecule has 1 aromatic carbocycles. The van der Waals surface area contributed by atoms with Crippen molar-refractivity contribution in [2.45, 2.75) is 38.2 Å². The van der Waals surface area contributed by atoms with Crippen molar-refractivity contribution in [3.8, 4) is 0 Å². The van der Waals surface area contributed by atoms with Crippen molar-refractivity contribution < 1.29 is 19.0 Å². The fraction of sp³-hybridized carbons (Fsp3) is 0.500. The summed E-state index contributed by atoms with van der Waals surface area (Å²) >= 11 is 7.20. The molecule has 1 aliphatic rings. The van der Waals surface area contributed by atoms with Gasteiger partial charge in [-0.15, -0.1) is 0 Å². The van der Waals surface area contributed by atoms with E-state index in [2.05, 4.69) is 0 Å². The molecule has 0 spiro atoms. The van der Waals surface area contributed by atoms with Crippen LogP contribution in [0.2, 0.25) is 5.02 Å². The Morgan fingerprint density at radius 2 is 1.83 bits per heavy atom. The zero-order valence-corrected chi connectivity index (χ0v) is 16.2. The minimum absolute atomic E-state index is 0.167. The van der Waals surface area contributed by atoms with Gasteiger partial charge in [0.15, 0.2) is 0 Å². The summed E-state index contributed by atoms with van der Waals surface area (Å²) in [6.07, 6.45) is 0. The van der Waals surface area contributed by atoms with E-state index in [4.69, 9.17) is 20.6 Å². The lowest BCUT2D eigenvalue weighted by Crippen LogP contribution is -2.34. The average Bonchev–Trinajstić information content (AvgIpc) is 2.44. The normalized spacial score (nSPS) is 21.3. The van der Waals surface area contributed by atoms with Crippen LogP contribution in [-0.2, 0) is 9.05 Å². The largest absolute Gasteiger partial charge is 0.628 e. The molecule has 23 heavy (non-hydrogen) atoms. The summed E-state index contributed by atoms with van der Waals surface area (Å²) in [6, 6.07) is 7.22. The lowest BCUT2D eigenvalue weighted by atomic mass is 9.97. The van der Waals surface area contributed by atoms with Crippen LogP contribution < -0.4 is 4.89 Å². The molecule has 0 aliphatic carbocycles. The van der Waals surface area contributed by atoms with Crippen molar-refractivity contribution in [1.82, 2.24) is 0 Å².